The Morgan fingerprint density at radius 1 is 1.21 bits per heavy atom. The van der Waals surface area contributed by atoms with Crippen molar-refractivity contribution in [3.05, 3.63) is 47.3 Å². The van der Waals surface area contributed by atoms with Gasteiger partial charge in [0.1, 0.15) is 15.9 Å². The molecule has 0 spiro atoms. The Morgan fingerprint density at radius 3 is 3.00 bits per heavy atom. The summed E-state index contributed by atoms with van der Waals surface area (Å²) >= 11 is 3.28. The van der Waals surface area contributed by atoms with Crippen LogP contribution in [0.25, 0.3) is 28.2 Å². The predicted molar refractivity (Wildman–Crippen MR) is 73.7 cm³/mol. The number of hydrogen-bond donors (Lipinski definition) is 0. The van der Waals surface area contributed by atoms with Gasteiger partial charge in [-0.2, -0.15) is 5.10 Å². The molecule has 0 fully saturated rings. The van der Waals surface area contributed by atoms with E-state index in [4.69, 9.17) is 4.42 Å². The molecule has 3 aromatic heterocycles. The zero-order valence-electron chi connectivity index (χ0n) is 9.62. The minimum Gasteiger partial charge on any atom is -0.454 e. The van der Waals surface area contributed by atoms with Gasteiger partial charge in [-0.05, 0) is 28.1 Å². The van der Waals surface area contributed by atoms with E-state index in [9.17, 15) is 0 Å². The molecule has 0 amide bonds. The highest BCUT2D eigenvalue weighted by Gasteiger charge is 2.11. The monoisotopic (exact) mass is 314 g/mol. The van der Waals surface area contributed by atoms with Gasteiger partial charge in [0.25, 0.3) is 5.78 Å². The second kappa shape index (κ2) is 3.89. The van der Waals surface area contributed by atoms with Crippen molar-refractivity contribution in [1.29, 1.82) is 0 Å². The maximum Gasteiger partial charge on any atom is 0.251 e. The Balaban J connectivity index is 1.93. The molecule has 0 radical (unpaired) electrons. The van der Waals surface area contributed by atoms with Crippen LogP contribution in [-0.4, -0.2) is 19.6 Å². The first-order chi connectivity index (χ1) is 9.29. The molecule has 3 heterocycles. The molecule has 92 valence electrons. The highest BCUT2D eigenvalue weighted by Crippen LogP contribution is 2.26. The number of halogens is 1. The van der Waals surface area contributed by atoms with Gasteiger partial charge in [0.15, 0.2) is 5.76 Å². The summed E-state index contributed by atoms with van der Waals surface area (Å²) < 4.78 is 8.05. The predicted octanol–water partition coefficient (Wildman–Crippen LogP) is 3.30. The molecule has 5 nitrogen and oxygen atoms in total. The Kier molecular flexibility index (Phi) is 2.19. The molecule has 0 atom stereocenters. The van der Waals surface area contributed by atoms with Crippen LogP contribution in [-0.2, 0) is 0 Å². The molecule has 0 aliphatic rings. The van der Waals surface area contributed by atoms with E-state index >= 15 is 0 Å². The van der Waals surface area contributed by atoms with Crippen LogP contribution in [0.2, 0.25) is 0 Å². The van der Waals surface area contributed by atoms with Crippen molar-refractivity contribution in [2.24, 2.45) is 0 Å². The first-order valence-corrected chi connectivity index (χ1v) is 6.46. The van der Waals surface area contributed by atoms with E-state index in [1.807, 2.05) is 30.3 Å². The van der Waals surface area contributed by atoms with Crippen molar-refractivity contribution >= 4 is 32.7 Å². The molecule has 0 aliphatic carbocycles. The summed E-state index contributed by atoms with van der Waals surface area (Å²) in [5.41, 5.74) is 1.56. The molecule has 0 N–H and O–H groups in total. The number of para-hydroxylation sites is 1. The normalized spacial score (nSPS) is 11.4. The lowest BCUT2D eigenvalue weighted by atomic mass is 10.2. The van der Waals surface area contributed by atoms with Crippen LogP contribution in [0, 0.1) is 0 Å². The number of fused-ring (bicyclic) bond motifs is 2. The van der Waals surface area contributed by atoms with Crippen LogP contribution in [0.4, 0.5) is 0 Å². The van der Waals surface area contributed by atoms with Crippen molar-refractivity contribution in [1.82, 2.24) is 19.6 Å². The summed E-state index contributed by atoms with van der Waals surface area (Å²) in [4.78, 5) is 8.58. The van der Waals surface area contributed by atoms with Crippen molar-refractivity contribution in [2.45, 2.75) is 0 Å². The largest absolute Gasteiger partial charge is 0.454 e. The summed E-state index contributed by atoms with van der Waals surface area (Å²) in [5, 5.41) is 5.29. The molecule has 0 saturated carbocycles. The van der Waals surface area contributed by atoms with Gasteiger partial charge in [-0.1, -0.05) is 18.2 Å². The van der Waals surface area contributed by atoms with Gasteiger partial charge in [-0.25, -0.2) is 14.5 Å². The number of nitrogens with zero attached hydrogens (tertiary/aromatic N) is 4. The highest BCUT2D eigenvalue weighted by molar-refractivity contribution is 9.10. The maximum absolute atomic E-state index is 5.77. The van der Waals surface area contributed by atoms with Crippen LogP contribution in [0.15, 0.2) is 51.7 Å². The van der Waals surface area contributed by atoms with Crippen LogP contribution >= 0.6 is 15.9 Å². The lowest BCUT2D eigenvalue weighted by Gasteiger charge is -1.89. The number of furan rings is 1. The Morgan fingerprint density at radius 2 is 2.11 bits per heavy atom. The number of rotatable bonds is 1. The molecule has 6 heteroatoms. The average molecular weight is 315 g/mol. The molecule has 0 unspecified atom stereocenters. The first kappa shape index (κ1) is 10.7. The quantitative estimate of drug-likeness (QED) is 0.541. The Labute approximate surface area is 116 Å². The summed E-state index contributed by atoms with van der Waals surface area (Å²) in [6.07, 6.45) is 3.41. The fourth-order valence-electron chi connectivity index (χ4n) is 1.99. The number of benzene rings is 1. The lowest BCUT2D eigenvalue weighted by molar-refractivity contribution is 0.629. The van der Waals surface area contributed by atoms with Crippen LogP contribution in [0.1, 0.15) is 0 Å². The van der Waals surface area contributed by atoms with Gasteiger partial charge in [-0.3, -0.25) is 0 Å². The van der Waals surface area contributed by atoms with Crippen molar-refractivity contribution in [2.75, 3.05) is 0 Å². The van der Waals surface area contributed by atoms with E-state index in [0.29, 0.717) is 21.8 Å². The Hall–Kier alpha value is -2.21. The third kappa shape index (κ3) is 1.72. The summed E-state index contributed by atoms with van der Waals surface area (Å²) in [7, 11) is 0. The standard InChI is InChI=1S/C13H7BrN4O/c14-12-6-15-13-16-9(7-18(13)17-12)11-5-8-3-1-2-4-10(8)19-11/h1-7H. The smallest absolute Gasteiger partial charge is 0.251 e. The molecule has 0 bridgehead atoms. The van der Waals surface area contributed by atoms with E-state index in [0.717, 1.165) is 11.0 Å². The zero-order chi connectivity index (χ0) is 12.8. The van der Waals surface area contributed by atoms with Crippen molar-refractivity contribution < 1.29 is 4.42 Å². The van der Waals surface area contributed by atoms with Gasteiger partial charge < -0.3 is 4.42 Å². The fourth-order valence-corrected chi connectivity index (χ4v) is 2.26. The zero-order valence-corrected chi connectivity index (χ0v) is 11.2. The molecule has 0 aliphatic heterocycles. The topological polar surface area (TPSA) is 56.2 Å². The third-order valence-electron chi connectivity index (χ3n) is 2.84. The molecular formula is C13H7BrN4O. The first-order valence-electron chi connectivity index (χ1n) is 5.66. The number of aromatic nitrogens is 4. The molecule has 0 saturated heterocycles. The van der Waals surface area contributed by atoms with E-state index < -0.39 is 0 Å². The van der Waals surface area contributed by atoms with Crippen LogP contribution < -0.4 is 0 Å². The molecule has 4 aromatic rings. The van der Waals surface area contributed by atoms with Gasteiger partial charge in [0, 0.05) is 5.39 Å². The highest BCUT2D eigenvalue weighted by atomic mass is 79.9. The summed E-state index contributed by atoms with van der Waals surface area (Å²) in [5.74, 6) is 1.25. The van der Waals surface area contributed by atoms with E-state index in [-0.39, 0.29) is 0 Å². The Bertz CT molecular complexity index is 863. The number of hydrogen-bond acceptors (Lipinski definition) is 4. The van der Waals surface area contributed by atoms with Gasteiger partial charge in [0.2, 0.25) is 0 Å². The second-order valence-corrected chi connectivity index (χ2v) is 4.91. The second-order valence-electron chi connectivity index (χ2n) is 4.10. The lowest BCUT2D eigenvalue weighted by Crippen LogP contribution is -1.92. The minimum absolute atomic E-state index is 0.540. The maximum atomic E-state index is 5.77. The molecular weight excluding hydrogens is 308 g/mol. The van der Waals surface area contributed by atoms with Crippen molar-refractivity contribution in [3.63, 3.8) is 0 Å². The van der Waals surface area contributed by atoms with E-state index in [2.05, 4.69) is 31.0 Å². The van der Waals surface area contributed by atoms with Crippen molar-refractivity contribution in [3.8, 4) is 11.5 Å². The molecule has 19 heavy (non-hydrogen) atoms. The van der Waals surface area contributed by atoms with Gasteiger partial charge in [0.05, 0.1) is 12.4 Å². The van der Waals surface area contributed by atoms with Gasteiger partial charge >= 0.3 is 0 Å². The summed E-state index contributed by atoms with van der Waals surface area (Å²) in [6.45, 7) is 0. The van der Waals surface area contributed by atoms with E-state index in [1.165, 1.54) is 0 Å². The van der Waals surface area contributed by atoms with Crippen LogP contribution in [0.3, 0.4) is 0 Å². The van der Waals surface area contributed by atoms with Crippen LogP contribution in [0.5, 0.6) is 0 Å². The molecule has 4 rings (SSSR count). The third-order valence-corrected chi connectivity index (χ3v) is 3.20. The average Bonchev–Trinajstić information content (AvgIpc) is 3.00. The number of imidazole rings is 1. The van der Waals surface area contributed by atoms with E-state index in [1.54, 1.807) is 16.9 Å². The minimum atomic E-state index is 0.540. The molecule has 1 aromatic carbocycles. The SMILES string of the molecule is Brc1cnc2nc(-c3cc4ccccc4o3)cn2n1. The van der Waals surface area contributed by atoms with Gasteiger partial charge in [-0.15, -0.1) is 0 Å². The fraction of sp³-hybridized carbons (Fsp3) is 0. The summed E-state index contributed by atoms with van der Waals surface area (Å²) in [6, 6.07) is 9.82.